The van der Waals surface area contributed by atoms with Gasteiger partial charge in [0.2, 0.25) is 0 Å². The van der Waals surface area contributed by atoms with Crippen molar-refractivity contribution in [3.05, 3.63) is 0 Å². The fourth-order valence-electron chi connectivity index (χ4n) is 2.39. The Balaban J connectivity index is 1.95. The standard InChI is InChI=1S/C10H18FN/c11-10(9-3-1-4-9)5-2-7-12-8-6-10/h9,12H,1-8H2. The number of nitrogens with one attached hydrogen (secondary N) is 1. The van der Waals surface area contributed by atoms with Crippen LogP contribution in [-0.4, -0.2) is 18.8 Å². The Morgan fingerprint density at radius 1 is 1.08 bits per heavy atom. The van der Waals surface area contributed by atoms with Gasteiger partial charge in [-0.1, -0.05) is 6.42 Å². The average molecular weight is 171 g/mol. The van der Waals surface area contributed by atoms with E-state index in [9.17, 15) is 4.39 Å². The SMILES string of the molecule is FC1(C2CCC2)CCCNCC1. The van der Waals surface area contributed by atoms with E-state index in [0.717, 1.165) is 45.2 Å². The Kier molecular flexibility index (Phi) is 2.35. The Bertz CT molecular complexity index is 146. The summed E-state index contributed by atoms with van der Waals surface area (Å²) in [7, 11) is 0. The number of halogens is 1. The van der Waals surface area contributed by atoms with Gasteiger partial charge >= 0.3 is 0 Å². The van der Waals surface area contributed by atoms with Crippen LogP contribution in [0.2, 0.25) is 0 Å². The number of hydrogen-bond donors (Lipinski definition) is 1. The third-order valence-electron chi connectivity index (χ3n) is 3.50. The van der Waals surface area contributed by atoms with Crippen LogP contribution in [0.5, 0.6) is 0 Å². The third-order valence-corrected chi connectivity index (χ3v) is 3.50. The lowest BCUT2D eigenvalue weighted by molar-refractivity contribution is 0.0206. The van der Waals surface area contributed by atoms with E-state index in [0.29, 0.717) is 5.92 Å². The molecule has 2 fully saturated rings. The van der Waals surface area contributed by atoms with Crippen molar-refractivity contribution in [1.82, 2.24) is 5.32 Å². The summed E-state index contributed by atoms with van der Waals surface area (Å²) in [5.74, 6) is 0.400. The van der Waals surface area contributed by atoms with Gasteiger partial charge in [0.1, 0.15) is 5.67 Å². The van der Waals surface area contributed by atoms with E-state index in [1.807, 2.05) is 0 Å². The first-order valence-corrected chi connectivity index (χ1v) is 5.21. The molecule has 1 unspecified atom stereocenters. The molecule has 1 aliphatic heterocycles. The largest absolute Gasteiger partial charge is 0.317 e. The Hall–Kier alpha value is -0.110. The Morgan fingerprint density at radius 3 is 2.58 bits per heavy atom. The summed E-state index contributed by atoms with van der Waals surface area (Å²) in [5.41, 5.74) is -0.804. The summed E-state index contributed by atoms with van der Waals surface area (Å²) in [6.07, 6.45) is 6.09. The van der Waals surface area contributed by atoms with Crippen molar-refractivity contribution in [2.75, 3.05) is 13.1 Å². The first kappa shape index (κ1) is 8.49. The topological polar surface area (TPSA) is 12.0 Å². The minimum Gasteiger partial charge on any atom is -0.317 e. The van der Waals surface area contributed by atoms with Crippen LogP contribution in [0.3, 0.4) is 0 Å². The van der Waals surface area contributed by atoms with Crippen LogP contribution in [0.4, 0.5) is 4.39 Å². The average Bonchev–Trinajstić information content (AvgIpc) is 2.10. The summed E-state index contributed by atoms with van der Waals surface area (Å²) < 4.78 is 14.2. The molecule has 2 heteroatoms. The number of rotatable bonds is 1. The molecule has 1 saturated heterocycles. The lowest BCUT2D eigenvalue weighted by Crippen LogP contribution is -2.38. The van der Waals surface area contributed by atoms with Crippen LogP contribution in [0, 0.1) is 5.92 Å². The molecule has 1 saturated carbocycles. The quantitative estimate of drug-likeness (QED) is 0.638. The van der Waals surface area contributed by atoms with E-state index < -0.39 is 5.67 Å². The molecule has 0 spiro atoms. The van der Waals surface area contributed by atoms with E-state index in [4.69, 9.17) is 0 Å². The lowest BCUT2D eigenvalue weighted by Gasteiger charge is -2.38. The van der Waals surface area contributed by atoms with E-state index in [-0.39, 0.29) is 0 Å². The first-order valence-electron chi connectivity index (χ1n) is 5.21. The minimum atomic E-state index is -0.804. The first-order chi connectivity index (χ1) is 5.81. The van der Waals surface area contributed by atoms with E-state index >= 15 is 0 Å². The molecule has 0 aromatic rings. The van der Waals surface area contributed by atoms with Crippen LogP contribution in [0.15, 0.2) is 0 Å². The van der Waals surface area contributed by atoms with Crippen molar-refractivity contribution in [1.29, 1.82) is 0 Å². The van der Waals surface area contributed by atoms with Gasteiger partial charge in [0.15, 0.2) is 0 Å². The van der Waals surface area contributed by atoms with E-state index in [1.165, 1.54) is 6.42 Å². The molecule has 1 atom stereocenters. The second-order valence-corrected chi connectivity index (χ2v) is 4.27. The molecule has 1 N–H and O–H groups in total. The molecule has 0 aromatic carbocycles. The molecular weight excluding hydrogens is 153 g/mol. The monoisotopic (exact) mass is 171 g/mol. The second-order valence-electron chi connectivity index (χ2n) is 4.27. The third kappa shape index (κ3) is 1.49. The summed E-state index contributed by atoms with van der Waals surface area (Å²) in [4.78, 5) is 0. The molecule has 2 aliphatic rings. The van der Waals surface area contributed by atoms with Gasteiger partial charge in [-0.3, -0.25) is 0 Å². The molecule has 0 amide bonds. The zero-order valence-electron chi connectivity index (χ0n) is 7.61. The maximum atomic E-state index is 14.2. The molecule has 0 radical (unpaired) electrons. The fraction of sp³-hybridized carbons (Fsp3) is 1.00. The minimum absolute atomic E-state index is 0.400. The van der Waals surface area contributed by atoms with Crippen molar-refractivity contribution < 1.29 is 4.39 Å². The number of hydrogen-bond acceptors (Lipinski definition) is 1. The zero-order valence-corrected chi connectivity index (χ0v) is 7.61. The van der Waals surface area contributed by atoms with Crippen molar-refractivity contribution in [3.63, 3.8) is 0 Å². The Labute approximate surface area is 73.7 Å². The second kappa shape index (κ2) is 3.33. The number of alkyl halides is 1. The summed E-state index contributed by atoms with van der Waals surface area (Å²) in [5, 5.41) is 3.27. The van der Waals surface area contributed by atoms with Crippen LogP contribution in [-0.2, 0) is 0 Å². The predicted octanol–water partition coefficient (Wildman–Crippen LogP) is 2.27. The summed E-state index contributed by atoms with van der Waals surface area (Å²) in [6.45, 7) is 1.89. The van der Waals surface area contributed by atoms with Crippen LogP contribution < -0.4 is 5.32 Å². The molecule has 2 rings (SSSR count). The van der Waals surface area contributed by atoms with Crippen molar-refractivity contribution >= 4 is 0 Å². The summed E-state index contributed by atoms with van der Waals surface area (Å²) in [6, 6.07) is 0. The van der Waals surface area contributed by atoms with Gasteiger partial charge in [0.05, 0.1) is 0 Å². The van der Waals surface area contributed by atoms with Crippen molar-refractivity contribution in [3.8, 4) is 0 Å². The normalized spacial score (nSPS) is 38.8. The van der Waals surface area contributed by atoms with E-state index in [2.05, 4.69) is 5.32 Å². The van der Waals surface area contributed by atoms with Crippen LogP contribution in [0.25, 0.3) is 0 Å². The molecule has 12 heavy (non-hydrogen) atoms. The lowest BCUT2D eigenvalue weighted by atomic mass is 9.71. The molecular formula is C10H18FN. The van der Waals surface area contributed by atoms with Gasteiger partial charge < -0.3 is 5.32 Å². The molecule has 1 heterocycles. The Morgan fingerprint density at radius 2 is 1.92 bits per heavy atom. The van der Waals surface area contributed by atoms with Crippen molar-refractivity contribution in [2.45, 2.75) is 44.2 Å². The van der Waals surface area contributed by atoms with Gasteiger partial charge in [-0.05, 0) is 51.1 Å². The van der Waals surface area contributed by atoms with Gasteiger partial charge in [0, 0.05) is 0 Å². The van der Waals surface area contributed by atoms with Gasteiger partial charge in [-0.2, -0.15) is 0 Å². The van der Waals surface area contributed by atoms with E-state index in [1.54, 1.807) is 0 Å². The maximum absolute atomic E-state index is 14.2. The van der Waals surface area contributed by atoms with Crippen LogP contribution in [0.1, 0.15) is 38.5 Å². The van der Waals surface area contributed by atoms with Gasteiger partial charge in [-0.15, -0.1) is 0 Å². The van der Waals surface area contributed by atoms with Crippen LogP contribution >= 0.6 is 0 Å². The summed E-state index contributed by atoms with van der Waals surface area (Å²) >= 11 is 0. The smallest absolute Gasteiger partial charge is 0.115 e. The van der Waals surface area contributed by atoms with Gasteiger partial charge in [0.25, 0.3) is 0 Å². The highest BCUT2D eigenvalue weighted by molar-refractivity contribution is 4.93. The molecule has 70 valence electrons. The van der Waals surface area contributed by atoms with Gasteiger partial charge in [-0.25, -0.2) is 4.39 Å². The highest BCUT2D eigenvalue weighted by atomic mass is 19.1. The predicted molar refractivity (Wildman–Crippen MR) is 47.9 cm³/mol. The zero-order chi connectivity index (χ0) is 8.44. The molecule has 0 bridgehead atoms. The molecule has 1 aliphatic carbocycles. The van der Waals surface area contributed by atoms with Crippen molar-refractivity contribution in [2.24, 2.45) is 5.92 Å². The maximum Gasteiger partial charge on any atom is 0.115 e. The molecule has 0 aromatic heterocycles. The fourth-order valence-corrected chi connectivity index (χ4v) is 2.39. The molecule has 1 nitrogen and oxygen atoms in total. The highest BCUT2D eigenvalue weighted by Crippen LogP contribution is 2.43. The highest BCUT2D eigenvalue weighted by Gasteiger charge is 2.41.